The number of phosphoric acid groups is 1. The van der Waals surface area contributed by atoms with Crippen LogP contribution >= 0.6 is 7.82 Å². The predicted octanol–water partition coefficient (Wildman–Crippen LogP) is 19.2. The average molecular weight is 1090 g/mol. The highest BCUT2D eigenvalue weighted by Gasteiger charge is 2.27. The molecule has 3 atom stereocenters. The molecule has 1 N–H and O–H groups in total. The van der Waals surface area contributed by atoms with E-state index in [9.17, 15) is 19.0 Å². The van der Waals surface area contributed by atoms with Crippen LogP contribution in [0.1, 0.15) is 297 Å². The van der Waals surface area contributed by atoms with Gasteiger partial charge >= 0.3 is 5.97 Å². The Balaban J connectivity index is 5.10. The molecule has 10 heteroatoms. The van der Waals surface area contributed by atoms with Crippen molar-refractivity contribution < 1.29 is 37.3 Å². The van der Waals surface area contributed by atoms with Crippen molar-refractivity contribution in [1.82, 2.24) is 5.32 Å². The number of unbranched alkanes of at least 4 members (excludes halogenated alkanes) is 34. The fourth-order valence-electron chi connectivity index (χ4n) is 9.21. The van der Waals surface area contributed by atoms with Crippen LogP contribution in [0.5, 0.6) is 0 Å². The SMILES string of the molecule is CCCCC/C=C\C/C=C\C/C=C\C/C=C\CCCCCCCCCCCC(=O)NC(COP(=O)([O-])OCC[N+](C)(C)C)C(/C=C\CCCCCCCCCCC)OC(=O)CCCCCCCCCCCCCCCC. The highest BCUT2D eigenvalue weighted by Crippen LogP contribution is 2.38. The van der Waals surface area contributed by atoms with Gasteiger partial charge in [-0.25, -0.2) is 0 Å². The Morgan fingerprint density at radius 2 is 0.803 bits per heavy atom. The number of rotatable bonds is 58. The van der Waals surface area contributed by atoms with Crippen molar-refractivity contribution in [3.63, 3.8) is 0 Å². The number of quaternary nitrogens is 1. The molecule has 0 rings (SSSR count). The third-order valence-electron chi connectivity index (χ3n) is 14.2. The third kappa shape index (κ3) is 56.4. The van der Waals surface area contributed by atoms with E-state index in [1.54, 1.807) is 0 Å². The fraction of sp³-hybridized carbons (Fsp3) is 0.818. The zero-order valence-corrected chi connectivity index (χ0v) is 51.6. The first-order valence-corrected chi connectivity index (χ1v) is 33.6. The Bertz CT molecular complexity index is 1490. The van der Waals surface area contributed by atoms with Crippen LogP contribution in [-0.4, -0.2) is 69.4 Å². The number of ether oxygens (including phenoxy) is 1. The number of amides is 1. The topological polar surface area (TPSA) is 114 Å². The van der Waals surface area contributed by atoms with Gasteiger partial charge in [-0.1, -0.05) is 268 Å². The number of allylic oxidation sites excluding steroid dienone is 9. The molecule has 0 spiro atoms. The lowest BCUT2D eigenvalue weighted by molar-refractivity contribution is -0.870. The molecule has 0 aliphatic carbocycles. The van der Waals surface area contributed by atoms with Gasteiger partial charge in [-0.05, 0) is 76.7 Å². The number of carbonyl (C=O) groups excluding carboxylic acids is 2. The Kier molecular flexibility index (Phi) is 54.3. The van der Waals surface area contributed by atoms with Crippen LogP contribution in [-0.2, 0) is 27.9 Å². The van der Waals surface area contributed by atoms with Crippen LogP contribution in [0.25, 0.3) is 0 Å². The minimum absolute atomic E-state index is 0.0235. The summed E-state index contributed by atoms with van der Waals surface area (Å²) in [6, 6.07) is -0.890. The monoisotopic (exact) mass is 1090 g/mol. The molecule has 0 aromatic rings. The highest BCUT2D eigenvalue weighted by atomic mass is 31.2. The number of nitrogens with zero attached hydrogens (tertiary/aromatic N) is 1. The molecule has 9 nitrogen and oxygen atoms in total. The summed E-state index contributed by atoms with van der Waals surface area (Å²) < 4.78 is 30.3. The van der Waals surface area contributed by atoms with Crippen LogP contribution in [0.2, 0.25) is 0 Å². The van der Waals surface area contributed by atoms with E-state index in [1.165, 1.54) is 173 Å². The lowest BCUT2D eigenvalue weighted by Crippen LogP contribution is -2.47. The average Bonchev–Trinajstić information content (AvgIpc) is 3.38. The molecule has 76 heavy (non-hydrogen) atoms. The summed E-state index contributed by atoms with van der Waals surface area (Å²) in [4.78, 5) is 40.0. The first kappa shape index (κ1) is 73.7. The number of esters is 1. The molecule has 1 amide bonds. The van der Waals surface area contributed by atoms with Gasteiger partial charge in [-0.3, -0.25) is 14.2 Å². The Morgan fingerprint density at radius 3 is 1.22 bits per heavy atom. The predicted molar refractivity (Wildman–Crippen MR) is 325 cm³/mol. The second-order valence-corrected chi connectivity index (χ2v) is 24.3. The van der Waals surface area contributed by atoms with Crippen molar-refractivity contribution in [3.05, 3.63) is 60.8 Å². The fourth-order valence-corrected chi connectivity index (χ4v) is 9.94. The summed E-state index contributed by atoms with van der Waals surface area (Å²) in [5.41, 5.74) is 0. The zero-order chi connectivity index (χ0) is 55.7. The van der Waals surface area contributed by atoms with E-state index in [0.29, 0.717) is 17.4 Å². The van der Waals surface area contributed by atoms with Crippen LogP contribution in [0, 0.1) is 0 Å². The Labute approximate surface area is 471 Å². The van der Waals surface area contributed by atoms with E-state index >= 15 is 0 Å². The Hall–Kier alpha value is -2.29. The maximum atomic E-state index is 13.5. The van der Waals surface area contributed by atoms with Gasteiger partial charge in [0.25, 0.3) is 7.82 Å². The van der Waals surface area contributed by atoms with Crippen molar-refractivity contribution >= 4 is 19.7 Å². The lowest BCUT2D eigenvalue weighted by Gasteiger charge is -2.30. The normalized spacial score (nSPS) is 14.0. The van der Waals surface area contributed by atoms with Crippen LogP contribution < -0.4 is 10.2 Å². The zero-order valence-electron chi connectivity index (χ0n) is 50.7. The molecule has 0 aliphatic rings. The molecule has 0 radical (unpaired) electrons. The van der Waals surface area contributed by atoms with Gasteiger partial charge in [0.2, 0.25) is 5.91 Å². The van der Waals surface area contributed by atoms with Gasteiger partial charge in [-0.15, -0.1) is 0 Å². The van der Waals surface area contributed by atoms with E-state index in [-0.39, 0.29) is 31.5 Å². The van der Waals surface area contributed by atoms with E-state index in [0.717, 1.165) is 89.9 Å². The van der Waals surface area contributed by atoms with Crippen molar-refractivity contribution in [3.8, 4) is 0 Å². The maximum absolute atomic E-state index is 13.5. The second-order valence-electron chi connectivity index (χ2n) is 22.9. The number of nitrogens with one attached hydrogen (secondary N) is 1. The van der Waals surface area contributed by atoms with Crippen molar-refractivity contribution in [2.24, 2.45) is 0 Å². The van der Waals surface area contributed by atoms with E-state index in [4.69, 9.17) is 13.8 Å². The number of hydrogen-bond donors (Lipinski definition) is 1. The molecule has 0 fully saturated rings. The summed E-state index contributed by atoms with van der Waals surface area (Å²) >= 11 is 0. The molecule has 0 aromatic heterocycles. The highest BCUT2D eigenvalue weighted by molar-refractivity contribution is 7.45. The van der Waals surface area contributed by atoms with Crippen molar-refractivity contribution in [2.45, 2.75) is 309 Å². The van der Waals surface area contributed by atoms with E-state index in [1.807, 2.05) is 33.3 Å². The van der Waals surface area contributed by atoms with Crippen LogP contribution in [0.15, 0.2) is 60.8 Å². The summed E-state index contributed by atoms with van der Waals surface area (Å²) in [6.45, 7) is 6.82. The molecular formula is C66H123N2O7P. The molecule has 444 valence electrons. The summed E-state index contributed by atoms with van der Waals surface area (Å²) in [6.07, 6.45) is 70.4. The quantitative estimate of drug-likeness (QED) is 0.0212. The van der Waals surface area contributed by atoms with Gasteiger partial charge in [0.15, 0.2) is 0 Å². The van der Waals surface area contributed by atoms with Gasteiger partial charge in [0.05, 0.1) is 33.8 Å². The lowest BCUT2D eigenvalue weighted by atomic mass is 10.0. The standard InChI is InChI=1S/C66H123N2O7P/c1-7-10-13-16-19-22-25-27-29-30-31-32-33-34-35-36-37-38-39-40-43-46-49-52-55-58-65(69)67-63(62-74-76(71,72)73-61-60-68(4,5)6)64(57-54-51-48-45-42-24-21-18-15-12-9-3)75-66(70)59-56-53-50-47-44-41-28-26-23-20-17-14-11-8-2/h19,22,27,29,31-32,34-35,54,57,63-64H,7-18,20-21,23-26,28,30,33,36-53,55-56,58-62H2,1-6H3,(H-,67,69,71,72)/b22-19-,29-27-,32-31-,35-34-,57-54-. The second kappa shape index (κ2) is 56.0. The molecule has 0 heterocycles. The number of hydrogen-bond acceptors (Lipinski definition) is 7. The molecule has 0 saturated heterocycles. The molecule has 0 saturated carbocycles. The third-order valence-corrected chi connectivity index (χ3v) is 15.2. The number of likely N-dealkylation sites (N-methyl/N-ethyl adjacent to an activating group) is 1. The maximum Gasteiger partial charge on any atom is 0.306 e. The van der Waals surface area contributed by atoms with E-state index < -0.39 is 20.0 Å². The minimum Gasteiger partial charge on any atom is -0.756 e. The van der Waals surface area contributed by atoms with Gasteiger partial charge < -0.3 is 28.5 Å². The summed E-state index contributed by atoms with van der Waals surface area (Å²) in [7, 11) is 1.18. The largest absolute Gasteiger partial charge is 0.756 e. The molecule has 0 aliphatic heterocycles. The molecule has 3 unspecified atom stereocenters. The van der Waals surface area contributed by atoms with Gasteiger partial charge in [-0.2, -0.15) is 0 Å². The first-order chi connectivity index (χ1) is 36.9. The summed E-state index contributed by atoms with van der Waals surface area (Å²) in [5.74, 6) is -0.540. The molecular weight excluding hydrogens is 964 g/mol. The minimum atomic E-state index is -4.70. The first-order valence-electron chi connectivity index (χ1n) is 32.1. The van der Waals surface area contributed by atoms with Gasteiger partial charge in [0.1, 0.15) is 19.3 Å². The molecule has 0 aromatic carbocycles. The van der Waals surface area contributed by atoms with Crippen molar-refractivity contribution in [1.29, 1.82) is 0 Å². The van der Waals surface area contributed by atoms with Gasteiger partial charge in [0, 0.05) is 12.8 Å². The summed E-state index contributed by atoms with van der Waals surface area (Å²) in [5, 5.41) is 3.03. The number of carbonyl (C=O) groups is 2. The van der Waals surface area contributed by atoms with E-state index in [2.05, 4.69) is 74.7 Å². The van der Waals surface area contributed by atoms with Crippen LogP contribution in [0.4, 0.5) is 0 Å². The smallest absolute Gasteiger partial charge is 0.306 e. The van der Waals surface area contributed by atoms with Crippen LogP contribution in [0.3, 0.4) is 0 Å². The number of phosphoric ester groups is 1. The molecule has 0 bridgehead atoms. The Morgan fingerprint density at radius 1 is 0.461 bits per heavy atom. The van der Waals surface area contributed by atoms with Crippen molar-refractivity contribution in [2.75, 3.05) is 40.9 Å².